The van der Waals surface area contributed by atoms with Gasteiger partial charge >= 0.3 is 0 Å². The van der Waals surface area contributed by atoms with Crippen molar-refractivity contribution < 1.29 is 4.74 Å². The number of rotatable bonds is 4. The first-order valence-electron chi connectivity index (χ1n) is 5.82. The van der Waals surface area contributed by atoms with Crippen molar-refractivity contribution in [3.8, 4) is 5.75 Å². The third kappa shape index (κ3) is 2.66. The van der Waals surface area contributed by atoms with E-state index in [2.05, 4.69) is 17.4 Å². The zero-order chi connectivity index (χ0) is 13.0. The Kier molecular flexibility index (Phi) is 4.24. The fourth-order valence-electron chi connectivity index (χ4n) is 2.02. The van der Waals surface area contributed by atoms with E-state index in [0.29, 0.717) is 5.02 Å². The van der Waals surface area contributed by atoms with E-state index in [1.54, 1.807) is 7.11 Å². The number of hydrogen-bond acceptors (Lipinski definition) is 2. The number of benzene rings is 2. The van der Waals surface area contributed by atoms with Crippen molar-refractivity contribution in [1.82, 2.24) is 5.32 Å². The van der Waals surface area contributed by atoms with Crippen molar-refractivity contribution in [2.75, 3.05) is 14.2 Å². The van der Waals surface area contributed by atoms with Crippen molar-refractivity contribution in [2.24, 2.45) is 0 Å². The van der Waals surface area contributed by atoms with Crippen molar-refractivity contribution >= 4 is 11.6 Å². The first-order chi connectivity index (χ1) is 8.76. The van der Waals surface area contributed by atoms with Gasteiger partial charge in [0.2, 0.25) is 0 Å². The van der Waals surface area contributed by atoms with Crippen molar-refractivity contribution in [2.45, 2.75) is 6.04 Å². The van der Waals surface area contributed by atoms with Gasteiger partial charge in [-0.05, 0) is 30.3 Å². The van der Waals surface area contributed by atoms with Gasteiger partial charge in [-0.15, -0.1) is 0 Å². The Morgan fingerprint density at radius 3 is 2.39 bits per heavy atom. The fraction of sp³-hybridized carbons (Fsp3) is 0.200. The maximum atomic E-state index is 6.31. The summed E-state index contributed by atoms with van der Waals surface area (Å²) >= 11 is 6.31. The van der Waals surface area contributed by atoms with Crippen LogP contribution in [0.25, 0.3) is 0 Å². The lowest BCUT2D eigenvalue weighted by molar-refractivity contribution is 0.414. The molecule has 0 amide bonds. The van der Waals surface area contributed by atoms with Crippen LogP contribution in [0.2, 0.25) is 5.02 Å². The van der Waals surface area contributed by atoms with Gasteiger partial charge in [0.1, 0.15) is 5.75 Å². The second-order valence-electron chi connectivity index (χ2n) is 4.02. The van der Waals surface area contributed by atoms with Crippen LogP contribution in [0.5, 0.6) is 5.75 Å². The molecule has 94 valence electrons. The van der Waals surface area contributed by atoms with Crippen LogP contribution in [0, 0.1) is 0 Å². The van der Waals surface area contributed by atoms with Crippen LogP contribution in [-0.2, 0) is 0 Å². The van der Waals surface area contributed by atoms with Gasteiger partial charge in [0.15, 0.2) is 0 Å². The first kappa shape index (κ1) is 12.9. The quantitative estimate of drug-likeness (QED) is 0.907. The van der Waals surface area contributed by atoms with Crippen LogP contribution >= 0.6 is 11.6 Å². The highest BCUT2D eigenvalue weighted by molar-refractivity contribution is 6.31. The highest BCUT2D eigenvalue weighted by Gasteiger charge is 2.15. The minimum Gasteiger partial charge on any atom is -0.497 e. The third-order valence-corrected chi connectivity index (χ3v) is 3.27. The minimum atomic E-state index is 0.0876. The van der Waals surface area contributed by atoms with Gasteiger partial charge in [-0.25, -0.2) is 0 Å². The summed E-state index contributed by atoms with van der Waals surface area (Å²) < 4.78 is 5.16. The van der Waals surface area contributed by atoms with Crippen molar-refractivity contribution in [1.29, 1.82) is 0 Å². The van der Waals surface area contributed by atoms with Gasteiger partial charge < -0.3 is 10.1 Å². The number of ether oxygens (including phenoxy) is 1. The van der Waals surface area contributed by atoms with E-state index in [0.717, 1.165) is 11.3 Å². The standard InChI is InChI=1S/C15H16ClNO/c1-17-15(11-6-4-3-5-7-11)13-9-8-12(18-2)10-14(13)16/h3-10,15,17H,1-2H3. The summed E-state index contributed by atoms with van der Waals surface area (Å²) in [6, 6.07) is 16.1. The molecule has 0 aliphatic heterocycles. The molecule has 0 saturated heterocycles. The number of methoxy groups -OCH3 is 1. The predicted molar refractivity (Wildman–Crippen MR) is 75.3 cm³/mol. The molecule has 0 radical (unpaired) electrons. The second kappa shape index (κ2) is 5.89. The smallest absolute Gasteiger partial charge is 0.120 e. The Bertz CT molecular complexity index is 513. The molecule has 0 saturated carbocycles. The zero-order valence-electron chi connectivity index (χ0n) is 10.5. The molecule has 0 aliphatic rings. The van der Waals surface area contributed by atoms with Gasteiger partial charge in [-0.2, -0.15) is 0 Å². The first-order valence-corrected chi connectivity index (χ1v) is 6.19. The van der Waals surface area contributed by atoms with E-state index in [9.17, 15) is 0 Å². The second-order valence-corrected chi connectivity index (χ2v) is 4.43. The predicted octanol–water partition coefficient (Wildman–Crippen LogP) is 3.66. The Balaban J connectivity index is 2.39. The van der Waals surface area contributed by atoms with Crippen LogP contribution in [-0.4, -0.2) is 14.2 Å². The van der Waals surface area contributed by atoms with E-state index in [4.69, 9.17) is 16.3 Å². The molecule has 2 nitrogen and oxygen atoms in total. The summed E-state index contributed by atoms with van der Waals surface area (Å²) in [5.74, 6) is 0.770. The molecule has 0 spiro atoms. The molecular weight excluding hydrogens is 246 g/mol. The summed E-state index contributed by atoms with van der Waals surface area (Å²) in [7, 11) is 3.57. The molecule has 2 rings (SSSR count). The van der Waals surface area contributed by atoms with E-state index in [-0.39, 0.29) is 6.04 Å². The molecule has 1 unspecified atom stereocenters. The molecule has 2 aromatic rings. The maximum absolute atomic E-state index is 6.31. The van der Waals surface area contributed by atoms with Crippen LogP contribution in [0.1, 0.15) is 17.2 Å². The van der Waals surface area contributed by atoms with E-state index < -0.39 is 0 Å². The molecule has 0 fully saturated rings. The summed E-state index contributed by atoms with van der Waals surface area (Å²) in [4.78, 5) is 0. The lowest BCUT2D eigenvalue weighted by Crippen LogP contribution is -2.17. The monoisotopic (exact) mass is 261 g/mol. The summed E-state index contributed by atoms with van der Waals surface area (Å²) in [5.41, 5.74) is 2.23. The topological polar surface area (TPSA) is 21.3 Å². The van der Waals surface area contributed by atoms with Gasteiger partial charge in [0, 0.05) is 5.02 Å². The van der Waals surface area contributed by atoms with Gasteiger partial charge in [-0.3, -0.25) is 0 Å². The highest BCUT2D eigenvalue weighted by atomic mass is 35.5. The zero-order valence-corrected chi connectivity index (χ0v) is 11.2. The van der Waals surface area contributed by atoms with E-state index >= 15 is 0 Å². The minimum absolute atomic E-state index is 0.0876. The number of hydrogen-bond donors (Lipinski definition) is 1. The molecule has 0 aromatic heterocycles. The summed E-state index contributed by atoms with van der Waals surface area (Å²) in [5, 5.41) is 3.99. The Labute approximate surface area is 113 Å². The van der Waals surface area contributed by atoms with Gasteiger partial charge in [0.25, 0.3) is 0 Å². The van der Waals surface area contributed by atoms with Crippen molar-refractivity contribution in [3.63, 3.8) is 0 Å². The Morgan fingerprint density at radius 2 is 1.83 bits per heavy atom. The molecule has 0 bridgehead atoms. The van der Waals surface area contributed by atoms with E-state index in [1.165, 1.54) is 5.56 Å². The third-order valence-electron chi connectivity index (χ3n) is 2.94. The fourth-order valence-corrected chi connectivity index (χ4v) is 2.30. The Morgan fingerprint density at radius 1 is 1.11 bits per heavy atom. The van der Waals surface area contributed by atoms with E-state index in [1.807, 2.05) is 43.4 Å². The number of halogens is 1. The largest absolute Gasteiger partial charge is 0.497 e. The van der Waals surface area contributed by atoms with Crippen LogP contribution in [0.15, 0.2) is 48.5 Å². The molecule has 18 heavy (non-hydrogen) atoms. The van der Waals surface area contributed by atoms with Crippen LogP contribution in [0.4, 0.5) is 0 Å². The van der Waals surface area contributed by atoms with Crippen molar-refractivity contribution in [3.05, 3.63) is 64.7 Å². The normalized spacial score (nSPS) is 12.2. The Hall–Kier alpha value is -1.51. The maximum Gasteiger partial charge on any atom is 0.120 e. The molecule has 2 aromatic carbocycles. The van der Waals surface area contributed by atoms with Gasteiger partial charge in [-0.1, -0.05) is 48.0 Å². The van der Waals surface area contributed by atoms with Gasteiger partial charge in [0.05, 0.1) is 13.2 Å². The number of nitrogens with one attached hydrogen (secondary N) is 1. The van der Waals surface area contributed by atoms with Crippen LogP contribution < -0.4 is 10.1 Å². The summed E-state index contributed by atoms with van der Waals surface area (Å²) in [6.07, 6.45) is 0. The average molecular weight is 262 g/mol. The molecular formula is C15H16ClNO. The lowest BCUT2D eigenvalue weighted by atomic mass is 9.99. The summed E-state index contributed by atoms with van der Waals surface area (Å²) in [6.45, 7) is 0. The SMILES string of the molecule is CNC(c1ccccc1)c1ccc(OC)cc1Cl. The molecule has 3 heteroatoms. The average Bonchev–Trinajstić information content (AvgIpc) is 2.42. The molecule has 0 aliphatic carbocycles. The molecule has 1 N–H and O–H groups in total. The highest BCUT2D eigenvalue weighted by Crippen LogP contribution is 2.30. The molecule has 0 heterocycles. The lowest BCUT2D eigenvalue weighted by Gasteiger charge is -2.19. The molecule has 1 atom stereocenters. The van der Waals surface area contributed by atoms with Crippen LogP contribution in [0.3, 0.4) is 0 Å².